The summed E-state index contributed by atoms with van der Waals surface area (Å²) in [5.41, 5.74) is 6.67. The van der Waals surface area contributed by atoms with Crippen molar-refractivity contribution in [2.45, 2.75) is 12.8 Å². The number of hydrogen-bond donors (Lipinski definition) is 1. The molecule has 7 heteroatoms. The number of benzene rings is 3. The normalized spacial score (nSPS) is 12.2. The van der Waals surface area contributed by atoms with Crippen LogP contribution in [0.3, 0.4) is 0 Å². The molecule has 4 aromatic rings. The quantitative estimate of drug-likeness (QED) is 0.353. The number of anilines is 3. The summed E-state index contributed by atoms with van der Waals surface area (Å²) < 4.78 is 0. The van der Waals surface area contributed by atoms with Gasteiger partial charge in [-0.15, -0.1) is 0 Å². The first kappa shape index (κ1) is 24.5. The minimum Gasteiger partial charge on any atom is -0.378 e. The Balaban J connectivity index is 1.37. The molecule has 0 saturated carbocycles. The second kappa shape index (κ2) is 10.4. The highest BCUT2D eigenvalue weighted by molar-refractivity contribution is 6.30. The van der Waals surface area contributed by atoms with E-state index in [1.165, 1.54) is 0 Å². The zero-order valence-corrected chi connectivity index (χ0v) is 21.5. The number of amides is 2. The minimum absolute atomic E-state index is 0.0165. The first-order valence-corrected chi connectivity index (χ1v) is 12.5. The highest BCUT2D eigenvalue weighted by Gasteiger charge is 2.25. The van der Waals surface area contributed by atoms with E-state index in [0.29, 0.717) is 22.8 Å². The molecule has 0 aliphatic carbocycles. The Morgan fingerprint density at radius 2 is 1.81 bits per heavy atom. The molecular formula is C30H27ClN4O2. The molecule has 1 aromatic heterocycles. The molecule has 0 unspecified atom stereocenters. The summed E-state index contributed by atoms with van der Waals surface area (Å²) in [5.74, 6) is -0.181. The van der Waals surface area contributed by atoms with Crippen molar-refractivity contribution in [1.29, 1.82) is 0 Å². The maximum atomic E-state index is 13.4. The molecule has 2 heterocycles. The average molecular weight is 511 g/mol. The molecule has 1 aliphatic rings. The van der Waals surface area contributed by atoms with Gasteiger partial charge in [-0.3, -0.25) is 14.6 Å². The van der Waals surface area contributed by atoms with Gasteiger partial charge in [0.25, 0.3) is 5.91 Å². The van der Waals surface area contributed by atoms with Crippen LogP contribution in [0.15, 0.2) is 85.1 Å². The van der Waals surface area contributed by atoms with E-state index in [9.17, 15) is 9.59 Å². The molecule has 0 atom stereocenters. The van der Waals surface area contributed by atoms with Crippen molar-refractivity contribution in [3.05, 3.63) is 107 Å². The van der Waals surface area contributed by atoms with Gasteiger partial charge in [-0.2, -0.15) is 0 Å². The molecule has 1 aliphatic heterocycles. The fourth-order valence-electron chi connectivity index (χ4n) is 4.57. The van der Waals surface area contributed by atoms with Crippen LogP contribution in [-0.4, -0.2) is 37.4 Å². The van der Waals surface area contributed by atoms with Crippen LogP contribution in [0.1, 0.15) is 21.6 Å². The van der Waals surface area contributed by atoms with Gasteiger partial charge < -0.3 is 15.1 Å². The Labute approximate surface area is 221 Å². The third kappa shape index (κ3) is 5.34. The Bertz CT molecular complexity index is 1450. The number of nitrogens with zero attached hydrogens (tertiary/aromatic N) is 3. The van der Waals surface area contributed by atoms with E-state index in [1.54, 1.807) is 11.1 Å². The lowest BCUT2D eigenvalue weighted by Crippen LogP contribution is -2.30. The van der Waals surface area contributed by atoms with Crippen LogP contribution < -0.4 is 15.1 Å². The Morgan fingerprint density at radius 3 is 2.54 bits per heavy atom. The summed E-state index contributed by atoms with van der Waals surface area (Å²) >= 11 is 6.09. The van der Waals surface area contributed by atoms with E-state index in [2.05, 4.69) is 10.3 Å². The number of carbonyl (C=O) groups is 2. The molecule has 0 fully saturated rings. The summed E-state index contributed by atoms with van der Waals surface area (Å²) in [7, 11) is 3.94. The second-order valence-electron chi connectivity index (χ2n) is 9.22. The van der Waals surface area contributed by atoms with Gasteiger partial charge in [-0.05, 0) is 83.8 Å². The number of carbonyl (C=O) groups excluding carboxylic acids is 2. The fourth-order valence-corrected chi connectivity index (χ4v) is 4.69. The molecule has 0 bridgehead atoms. The first-order valence-electron chi connectivity index (χ1n) is 12.1. The van der Waals surface area contributed by atoms with Crippen molar-refractivity contribution in [3.8, 4) is 11.1 Å². The highest BCUT2D eigenvalue weighted by atomic mass is 35.5. The van der Waals surface area contributed by atoms with Gasteiger partial charge in [-0.25, -0.2) is 0 Å². The molecule has 0 spiro atoms. The number of aromatic nitrogens is 1. The number of fused-ring (bicyclic) bond motifs is 1. The van der Waals surface area contributed by atoms with E-state index in [1.807, 2.05) is 97.9 Å². The van der Waals surface area contributed by atoms with E-state index in [-0.39, 0.29) is 18.2 Å². The Hall–Kier alpha value is -4.16. The molecular weight excluding hydrogens is 484 g/mol. The van der Waals surface area contributed by atoms with Gasteiger partial charge in [0.15, 0.2) is 0 Å². The second-order valence-corrected chi connectivity index (χ2v) is 9.66. The minimum atomic E-state index is -0.198. The van der Waals surface area contributed by atoms with E-state index in [4.69, 9.17) is 11.6 Å². The van der Waals surface area contributed by atoms with Crippen LogP contribution in [0.5, 0.6) is 0 Å². The molecule has 2 amide bonds. The summed E-state index contributed by atoms with van der Waals surface area (Å²) in [6.45, 7) is 0.616. The van der Waals surface area contributed by atoms with E-state index < -0.39 is 0 Å². The average Bonchev–Trinajstić information content (AvgIpc) is 3.33. The van der Waals surface area contributed by atoms with Gasteiger partial charge in [0.2, 0.25) is 5.91 Å². The molecule has 1 N–H and O–H groups in total. The maximum absolute atomic E-state index is 13.4. The molecule has 5 rings (SSSR count). The fraction of sp³-hybridized carbons (Fsp3) is 0.167. The third-order valence-electron chi connectivity index (χ3n) is 6.51. The molecule has 186 valence electrons. The molecule has 6 nitrogen and oxygen atoms in total. The number of hydrogen-bond acceptors (Lipinski definition) is 4. The van der Waals surface area contributed by atoms with Crippen LogP contribution >= 0.6 is 11.6 Å². The lowest BCUT2D eigenvalue weighted by molar-refractivity contribution is -0.117. The zero-order chi connectivity index (χ0) is 25.9. The lowest BCUT2D eigenvalue weighted by Gasteiger charge is -2.18. The number of pyridine rings is 1. The van der Waals surface area contributed by atoms with Gasteiger partial charge in [0, 0.05) is 60.2 Å². The van der Waals surface area contributed by atoms with Crippen molar-refractivity contribution in [2.24, 2.45) is 0 Å². The molecule has 0 saturated heterocycles. The van der Waals surface area contributed by atoms with Gasteiger partial charge in [0.1, 0.15) is 0 Å². The summed E-state index contributed by atoms with van der Waals surface area (Å²) in [5, 5.41) is 3.69. The van der Waals surface area contributed by atoms with Gasteiger partial charge in [0.05, 0.1) is 6.42 Å². The predicted molar refractivity (Wildman–Crippen MR) is 150 cm³/mol. The standard InChI is InChI=1S/C30H27ClN4O2/c1-34(2)25-11-12-26(27(19-25)20-6-8-22(31)9-7-20)30(37)33-24-10-13-28-21(17-24)14-16-35(28)29(36)18-23-5-3-4-15-32-23/h3-13,15,17,19H,14,16,18H2,1-2H3,(H,33,37). The third-order valence-corrected chi connectivity index (χ3v) is 6.76. The monoisotopic (exact) mass is 510 g/mol. The van der Waals surface area contributed by atoms with Gasteiger partial charge in [-0.1, -0.05) is 29.8 Å². The highest BCUT2D eigenvalue weighted by Crippen LogP contribution is 2.33. The van der Waals surface area contributed by atoms with Crippen molar-refractivity contribution in [1.82, 2.24) is 4.98 Å². The van der Waals surface area contributed by atoms with Crippen LogP contribution in [-0.2, 0) is 17.6 Å². The van der Waals surface area contributed by atoms with Crippen molar-refractivity contribution in [3.63, 3.8) is 0 Å². The number of nitrogens with one attached hydrogen (secondary N) is 1. The Morgan fingerprint density at radius 1 is 1.00 bits per heavy atom. The van der Waals surface area contributed by atoms with Crippen molar-refractivity contribution >= 4 is 40.5 Å². The SMILES string of the molecule is CN(C)c1ccc(C(=O)Nc2ccc3c(c2)CCN3C(=O)Cc2ccccn2)c(-c2ccc(Cl)cc2)c1. The topological polar surface area (TPSA) is 65.5 Å². The molecule has 0 radical (unpaired) electrons. The largest absolute Gasteiger partial charge is 0.378 e. The summed E-state index contributed by atoms with van der Waals surface area (Å²) in [6.07, 6.45) is 2.69. The molecule has 3 aromatic carbocycles. The predicted octanol–water partition coefficient (Wildman–Crippen LogP) is 5.85. The lowest BCUT2D eigenvalue weighted by atomic mass is 9.98. The Kier molecular flexibility index (Phi) is 6.93. The van der Waals surface area contributed by atoms with Crippen LogP contribution in [0.4, 0.5) is 17.1 Å². The smallest absolute Gasteiger partial charge is 0.256 e. The zero-order valence-electron chi connectivity index (χ0n) is 20.7. The van der Waals surface area contributed by atoms with Crippen molar-refractivity contribution in [2.75, 3.05) is 35.8 Å². The summed E-state index contributed by atoms with van der Waals surface area (Å²) in [4.78, 5) is 34.4. The van der Waals surface area contributed by atoms with Gasteiger partial charge >= 0.3 is 0 Å². The first-order chi connectivity index (χ1) is 17.9. The van der Waals surface area contributed by atoms with Crippen LogP contribution in [0, 0.1) is 0 Å². The van der Waals surface area contributed by atoms with E-state index >= 15 is 0 Å². The van der Waals surface area contributed by atoms with Crippen LogP contribution in [0.25, 0.3) is 11.1 Å². The number of rotatable bonds is 6. The number of halogens is 1. The summed E-state index contributed by atoms with van der Waals surface area (Å²) in [6, 6.07) is 24.5. The molecule has 37 heavy (non-hydrogen) atoms. The van der Waals surface area contributed by atoms with E-state index in [0.717, 1.165) is 40.2 Å². The van der Waals surface area contributed by atoms with Crippen molar-refractivity contribution < 1.29 is 9.59 Å². The maximum Gasteiger partial charge on any atom is 0.256 e. The van der Waals surface area contributed by atoms with Crippen LogP contribution in [0.2, 0.25) is 5.02 Å².